The minimum atomic E-state index is -4.10. The quantitative estimate of drug-likeness (QED) is 0.470. The highest BCUT2D eigenvalue weighted by Gasteiger charge is 2.13. The van der Waals surface area contributed by atoms with Gasteiger partial charge in [0.2, 0.25) is 0 Å². The molecule has 0 aliphatic carbocycles. The maximum Gasteiger partial charge on any atom is 0.339 e. The molecular formula is C8H11N2O5S+. The molecule has 0 aliphatic heterocycles. The number of nitrogen functional groups attached to an aromatic ring is 1. The Morgan fingerprint density at radius 2 is 2.06 bits per heavy atom. The second-order valence-electron chi connectivity index (χ2n) is 3.13. The predicted molar refractivity (Wildman–Crippen MR) is 54.4 cm³/mol. The van der Waals surface area contributed by atoms with E-state index >= 15 is 0 Å². The number of hydrogen-bond acceptors (Lipinski definition) is 4. The van der Waals surface area contributed by atoms with Gasteiger partial charge in [0, 0.05) is 6.07 Å². The second kappa shape index (κ2) is 4.45. The van der Waals surface area contributed by atoms with Crippen LogP contribution in [0.25, 0.3) is 0 Å². The highest BCUT2D eigenvalue weighted by atomic mass is 32.2. The number of anilines is 1. The molecular weight excluding hydrogens is 236 g/mol. The molecule has 16 heavy (non-hydrogen) atoms. The van der Waals surface area contributed by atoms with Crippen molar-refractivity contribution in [1.82, 2.24) is 0 Å². The van der Waals surface area contributed by atoms with Crippen LogP contribution in [0.15, 0.2) is 18.3 Å². The summed E-state index contributed by atoms with van der Waals surface area (Å²) in [6.45, 7) is -0.105. The summed E-state index contributed by atoms with van der Waals surface area (Å²) >= 11 is 0. The van der Waals surface area contributed by atoms with Crippen molar-refractivity contribution in [2.45, 2.75) is 6.54 Å². The molecule has 0 unspecified atom stereocenters. The topological polar surface area (TPSA) is 122 Å². The van der Waals surface area contributed by atoms with E-state index in [1.54, 1.807) is 0 Å². The zero-order valence-electron chi connectivity index (χ0n) is 8.20. The first-order chi connectivity index (χ1) is 7.29. The van der Waals surface area contributed by atoms with E-state index in [0.717, 1.165) is 0 Å². The third kappa shape index (κ3) is 3.48. The summed E-state index contributed by atoms with van der Waals surface area (Å²) < 4.78 is 30.8. The number of rotatable bonds is 4. The van der Waals surface area contributed by atoms with Crippen molar-refractivity contribution in [3.63, 3.8) is 0 Å². The number of aryl methyl sites for hydroxylation is 1. The number of carbonyl (C=O) groups is 1. The van der Waals surface area contributed by atoms with E-state index in [2.05, 4.69) is 0 Å². The van der Waals surface area contributed by atoms with E-state index in [-0.39, 0.29) is 17.9 Å². The van der Waals surface area contributed by atoms with Gasteiger partial charge in [-0.1, -0.05) is 0 Å². The Morgan fingerprint density at radius 3 is 2.56 bits per heavy atom. The van der Waals surface area contributed by atoms with Crippen LogP contribution in [0.4, 0.5) is 5.82 Å². The summed E-state index contributed by atoms with van der Waals surface area (Å²) in [5.41, 5.74) is 5.50. The van der Waals surface area contributed by atoms with Crippen molar-refractivity contribution in [2.24, 2.45) is 0 Å². The molecule has 0 aromatic carbocycles. The first kappa shape index (κ1) is 12.4. The van der Waals surface area contributed by atoms with Crippen molar-refractivity contribution >= 4 is 21.9 Å². The summed E-state index contributed by atoms with van der Waals surface area (Å²) in [6.07, 6.45) is 1.21. The summed E-state index contributed by atoms with van der Waals surface area (Å²) in [6, 6.07) is 2.66. The Labute approximate surface area is 91.9 Å². The number of nitrogens with two attached hydrogens (primary N) is 1. The zero-order chi connectivity index (χ0) is 12.3. The van der Waals surface area contributed by atoms with Gasteiger partial charge in [-0.3, -0.25) is 10.3 Å². The SMILES string of the molecule is Nc1ccc(C(=O)O)c[n+]1CCS(=O)(=O)O. The lowest BCUT2D eigenvalue weighted by atomic mass is 10.3. The number of aromatic carboxylic acids is 1. The standard InChI is InChI=1S/C8H10N2O5S/c9-7-2-1-6(8(11)12)5-10(7)3-4-16(13,14)15/h1-2,5,9H,3-4H2,(H2,11,12,13,14,15)/p+1. The highest BCUT2D eigenvalue weighted by molar-refractivity contribution is 7.85. The van der Waals surface area contributed by atoms with Crippen LogP contribution in [-0.2, 0) is 16.7 Å². The van der Waals surface area contributed by atoms with Gasteiger partial charge in [-0.25, -0.2) is 9.36 Å². The molecule has 1 rings (SSSR count). The van der Waals surface area contributed by atoms with Crippen LogP contribution in [0.5, 0.6) is 0 Å². The van der Waals surface area contributed by atoms with Gasteiger partial charge in [0.1, 0.15) is 18.5 Å². The largest absolute Gasteiger partial charge is 0.478 e. The van der Waals surface area contributed by atoms with Gasteiger partial charge in [0.25, 0.3) is 15.9 Å². The minimum Gasteiger partial charge on any atom is -0.478 e. The second-order valence-corrected chi connectivity index (χ2v) is 4.70. The monoisotopic (exact) mass is 247 g/mol. The van der Waals surface area contributed by atoms with Crippen LogP contribution in [0.3, 0.4) is 0 Å². The fourth-order valence-corrected chi connectivity index (χ4v) is 1.52. The molecule has 88 valence electrons. The molecule has 0 saturated heterocycles. The minimum absolute atomic E-state index is 0.00969. The van der Waals surface area contributed by atoms with Crippen LogP contribution in [0.1, 0.15) is 10.4 Å². The number of carboxylic acid groups (broad SMARTS) is 1. The van der Waals surface area contributed by atoms with Gasteiger partial charge in [-0.2, -0.15) is 8.42 Å². The van der Waals surface area contributed by atoms with Crippen molar-refractivity contribution < 1.29 is 27.4 Å². The molecule has 0 bridgehead atoms. The van der Waals surface area contributed by atoms with E-state index in [1.165, 1.54) is 22.9 Å². The molecule has 7 nitrogen and oxygen atoms in total. The molecule has 1 aromatic heterocycles. The van der Waals surface area contributed by atoms with Crippen molar-refractivity contribution in [3.05, 3.63) is 23.9 Å². The van der Waals surface area contributed by atoms with Crippen LogP contribution < -0.4 is 10.3 Å². The number of hydrogen-bond donors (Lipinski definition) is 3. The molecule has 4 N–H and O–H groups in total. The molecule has 0 aliphatic rings. The lowest BCUT2D eigenvalue weighted by molar-refractivity contribution is -0.678. The molecule has 0 fully saturated rings. The highest BCUT2D eigenvalue weighted by Crippen LogP contribution is 2.00. The Bertz CT molecular complexity index is 511. The van der Waals surface area contributed by atoms with Crippen molar-refractivity contribution in [1.29, 1.82) is 0 Å². The van der Waals surface area contributed by atoms with Crippen molar-refractivity contribution in [3.8, 4) is 0 Å². The van der Waals surface area contributed by atoms with Gasteiger partial charge in [-0.05, 0) is 6.07 Å². The lowest BCUT2D eigenvalue weighted by Gasteiger charge is -2.02. The third-order valence-corrected chi connectivity index (χ3v) is 2.60. The van der Waals surface area contributed by atoms with Gasteiger partial charge >= 0.3 is 5.97 Å². The summed E-state index contributed by atoms with van der Waals surface area (Å²) in [7, 11) is -4.10. The molecule has 8 heteroatoms. The first-order valence-electron chi connectivity index (χ1n) is 4.27. The fraction of sp³-hybridized carbons (Fsp3) is 0.250. The van der Waals surface area contributed by atoms with Crippen LogP contribution in [0, 0.1) is 0 Å². The maximum absolute atomic E-state index is 10.6. The van der Waals surface area contributed by atoms with Gasteiger partial charge in [-0.15, -0.1) is 0 Å². The molecule has 1 aromatic rings. The number of carboxylic acids is 1. The molecule has 1 heterocycles. The normalized spacial score (nSPS) is 11.3. The van der Waals surface area contributed by atoms with E-state index in [0.29, 0.717) is 0 Å². The Hall–Kier alpha value is -1.67. The first-order valence-corrected chi connectivity index (χ1v) is 5.88. The average Bonchev–Trinajstić information content (AvgIpc) is 2.14. The smallest absolute Gasteiger partial charge is 0.339 e. The van der Waals surface area contributed by atoms with Crippen LogP contribution >= 0.6 is 0 Å². The van der Waals surface area contributed by atoms with Gasteiger partial charge < -0.3 is 5.11 Å². The fourth-order valence-electron chi connectivity index (χ4n) is 1.09. The maximum atomic E-state index is 10.6. The summed E-state index contributed by atoms with van der Waals surface area (Å²) in [5, 5.41) is 8.71. The van der Waals surface area contributed by atoms with Gasteiger partial charge in [0.15, 0.2) is 0 Å². The average molecular weight is 247 g/mol. The molecule has 0 radical (unpaired) electrons. The Balaban J connectivity index is 2.95. The summed E-state index contributed by atoms with van der Waals surface area (Å²) in [5.74, 6) is -1.44. The van der Waals surface area contributed by atoms with E-state index < -0.39 is 21.8 Å². The third-order valence-electron chi connectivity index (χ3n) is 1.90. The zero-order valence-corrected chi connectivity index (χ0v) is 9.01. The summed E-state index contributed by atoms with van der Waals surface area (Å²) in [4.78, 5) is 10.6. The molecule has 0 amide bonds. The number of aromatic nitrogens is 1. The van der Waals surface area contributed by atoms with Crippen LogP contribution in [-0.4, -0.2) is 29.8 Å². The Morgan fingerprint density at radius 1 is 1.44 bits per heavy atom. The lowest BCUT2D eigenvalue weighted by Crippen LogP contribution is -2.40. The van der Waals surface area contributed by atoms with Gasteiger partial charge in [0.05, 0.1) is 5.56 Å². The Kier molecular flexibility index (Phi) is 3.45. The predicted octanol–water partition coefficient (Wildman–Crippen LogP) is -0.858. The van der Waals surface area contributed by atoms with Crippen molar-refractivity contribution in [2.75, 3.05) is 11.5 Å². The molecule has 0 atom stereocenters. The molecule has 0 saturated carbocycles. The number of nitrogens with zero attached hydrogens (tertiary/aromatic N) is 1. The van der Waals surface area contributed by atoms with E-state index in [1.807, 2.05) is 0 Å². The molecule has 0 spiro atoms. The van der Waals surface area contributed by atoms with Crippen LogP contribution in [0.2, 0.25) is 0 Å². The number of pyridine rings is 1. The van der Waals surface area contributed by atoms with E-state index in [4.69, 9.17) is 15.4 Å². The van der Waals surface area contributed by atoms with E-state index in [9.17, 15) is 13.2 Å².